The maximum absolute atomic E-state index is 11.7. The fraction of sp³-hybridized carbons (Fsp3) is 0.250. The Morgan fingerprint density at radius 3 is 2.30 bits per heavy atom. The fourth-order valence-corrected chi connectivity index (χ4v) is 0.769. The van der Waals surface area contributed by atoms with Gasteiger partial charge in [0.15, 0.2) is 5.69 Å². The van der Waals surface area contributed by atoms with Crippen LogP contribution in [-0.4, -0.2) is 4.98 Å². The van der Waals surface area contributed by atoms with E-state index in [1.54, 1.807) is 22.6 Å². The van der Waals surface area contributed by atoms with E-state index in [0.29, 0.717) is 6.26 Å². The van der Waals surface area contributed by atoms with Crippen LogP contribution >= 0.6 is 22.6 Å². The third-order valence-corrected chi connectivity index (χ3v) is 1.26. The summed E-state index contributed by atoms with van der Waals surface area (Å²) in [6.45, 7) is 0. The van der Waals surface area contributed by atoms with E-state index >= 15 is 0 Å². The summed E-state index contributed by atoms with van der Waals surface area (Å²) < 4.78 is 39.4. The summed E-state index contributed by atoms with van der Waals surface area (Å²) in [6, 6.07) is 0. The lowest BCUT2D eigenvalue weighted by Crippen LogP contribution is -2.04. The van der Waals surface area contributed by atoms with Crippen molar-refractivity contribution >= 4 is 22.6 Å². The molecule has 1 rings (SSSR count). The van der Waals surface area contributed by atoms with Crippen LogP contribution < -0.4 is 0 Å². The van der Waals surface area contributed by atoms with Crippen LogP contribution in [0.25, 0.3) is 0 Å². The van der Waals surface area contributed by atoms with Crippen LogP contribution in [-0.2, 0) is 6.18 Å². The molecule has 0 fully saturated rings. The van der Waals surface area contributed by atoms with Crippen LogP contribution in [0, 0.1) is 3.90 Å². The topological polar surface area (TPSA) is 26.0 Å². The average Bonchev–Trinajstić information content (AvgIpc) is 2.11. The van der Waals surface area contributed by atoms with Gasteiger partial charge >= 0.3 is 6.18 Å². The second-order valence-corrected chi connectivity index (χ2v) is 2.41. The Balaban J connectivity index is 2.96. The molecule has 2 nitrogen and oxygen atoms in total. The molecule has 0 aliphatic rings. The molecule has 0 atom stereocenters. The van der Waals surface area contributed by atoms with E-state index in [2.05, 4.69) is 9.40 Å². The number of alkyl halides is 3. The third kappa shape index (κ3) is 1.61. The molecule has 0 aliphatic carbocycles. The Kier molecular flexibility index (Phi) is 1.88. The third-order valence-electron chi connectivity index (χ3n) is 0.767. The number of oxazole rings is 1. The highest BCUT2D eigenvalue weighted by Crippen LogP contribution is 2.28. The molecule has 6 heteroatoms. The van der Waals surface area contributed by atoms with Gasteiger partial charge in [0.25, 0.3) is 3.90 Å². The fourth-order valence-electron chi connectivity index (χ4n) is 0.382. The summed E-state index contributed by atoms with van der Waals surface area (Å²) in [5.74, 6) is 0. The van der Waals surface area contributed by atoms with Gasteiger partial charge in [0.05, 0.1) is 0 Å². The van der Waals surface area contributed by atoms with Gasteiger partial charge < -0.3 is 4.42 Å². The molecule has 0 aliphatic heterocycles. The van der Waals surface area contributed by atoms with Crippen molar-refractivity contribution in [3.05, 3.63) is 15.9 Å². The zero-order valence-electron chi connectivity index (χ0n) is 4.44. The number of nitrogens with zero attached hydrogens (tertiary/aromatic N) is 1. The molecule has 0 saturated carbocycles. The molecule has 1 aromatic rings. The maximum atomic E-state index is 11.7. The summed E-state index contributed by atoms with van der Waals surface area (Å²) in [4.78, 5) is 3.08. The zero-order chi connectivity index (χ0) is 7.78. The van der Waals surface area contributed by atoms with Gasteiger partial charge in [-0.2, -0.15) is 18.2 Å². The van der Waals surface area contributed by atoms with E-state index in [1.165, 1.54) is 0 Å². The molecule has 1 aromatic heterocycles. The van der Waals surface area contributed by atoms with Crippen LogP contribution in [0.15, 0.2) is 10.7 Å². The van der Waals surface area contributed by atoms with Gasteiger partial charge in [-0.3, -0.25) is 0 Å². The van der Waals surface area contributed by atoms with E-state index in [0.717, 1.165) is 0 Å². The molecule has 0 bridgehead atoms. The Morgan fingerprint density at radius 1 is 1.50 bits per heavy atom. The van der Waals surface area contributed by atoms with Crippen LogP contribution in [0.3, 0.4) is 0 Å². The van der Waals surface area contributed by atoms with Crippen molar-refractivity contribution in [1.82, 2.24) is 4.98 Å². The van der Waals surface area contributed by atoms with Crippen LogP contribution in [0.2, 0.25) is 0 Å². The average molecular weight is 263 g/mol. The molecule has 0 unspecified atom stereocenters. The smallest absolute Gasteiger partial charge is 0.436 e. The van der Waals surface area contributed by atoms with E-state index < -0.39 is 11.9 Å². The summed E-state index contributed by atoms with van der Waals surface area (Å²) in [6.07, 6.45) is -3.81. The number of rotatable bonds is 0. The van der Waals surface area contributed by atoms with E-state index in [9.17, 15) is 13.2 Å². The molecular formula is C4HF3INO. The second-order valence-electron chi connectivity index (χ2n) is 1.48. The zero-order valence-corrected chi connectivity index (χ0v) is 6.60. The molecule has 10 heavy (non-hydrogen) atoms. The molecule has 0 spiro atoms. The quantitative estimate of drug-likeness (QED) is 0.671. The molecular weight excluding hydrogens is 262 g/mol. The Bertz CT molecular complexity index is 231. The predicted octanol–water partition coefficient (Wildman–Crippen LogP) is 2.30. The number of hydrogen-bond acceptors (Lipinski definition) is 2. The lowest BCUT2D eigenvalue weighted by atomic mass is 10.5. The highest BCUT2D eigenvalue weighted by Gasteiger charge is 2.34. The lowest BCUT2D eigenvalue weighted by molar-refractivity contribution is -0.141. The standard InChI is InChI=1S/C4HF3INO/c5-4(6,7)2-1-10-3(8)9-2/h1H. The van der Waals surface area contributed by atoms with Gasteiger partial charge in [0.1, 0.15) is 6.26 Å². The van der Waals surface area contributed by atoms with Crippen molar-refractivity contribution in [2.24, 2.45) is 0 Å². The molecule has 0 radical (unpaired) electrons. The first-order valence-electron chi connectivity index (χ1n) is 2.18. The van der Waals surface area contributed by atoms with Crippen molar-refractivity contribution in [1.29, 1.82) is 0 Å². The van der Waals surface area contributed by atoms with Crippen LogP contribution in [0.1, 0.15) is 5.69 Å². The lowest BCUT2D eigenvalue weighted by Gasteiger charge is -1.97. The van der Waals surface area contributed by atoms with E-state index in [1.807, 2.05) is 0 Å². The molecule has 56 valence electrons. The summed E-state index contributed by atoms with van der Waals surface area (Å²) >= 11 is 1.56. The van der Waals surface area contributed by atoms with Crippen molar-refractivity contribution in [3.8, 4) is 0 Å². The number of hydrogen-bond donors (Lipinski definition) is 0. The summed E-state index contributed by atoms with van der Waals surface area (Å²) in [5, 5.41) is 0. The maximum Gasteiger partial charge on any atom is 0.436 e. The monoisotopic (exact) mass is 263 g/mol. The molecule has 1 heterocycles. The van der Waals surface area contributed by atoms with Gasteiger partial charge in [-0.05, 0) is 0 Å². The SMILES string of the molecule is FC(F)(F)c1coc(I)n1. The second kappa shape index (κ2) is 2.40. The largest absolute Gasteiger partial charge is 0.440 e. The van der Waals surface area contributed by atoms with Gasteiger partial charge in [0.2, 0.25) is 0 Å². The predicted molar refractivity (Wildman–Crippen MR) is 34.2 cm³/mol. The number of halogens is 4. The van der Waals surface area contributed by atoms with Crippen LogP contribution in [0.5, 0.6) is 0 Å². The summed E-state index contributed by atoms with van der Waals surface area (Å²) in [5.41, 5.74) is -0.989. The van der Waals surface area contributed by atoms with Crippen molar-refractivity contribution < 1.29 is 17.6 Å². The molecule has 0 aromatic carbocycles. The first-order chi connectivity index (χ1) is 4.50. The molecule has 0 amide bonds. The molecule has 0 N–H and O–H groups in total. The highest BCUT2D eigenvalue weighted by molar-refractivity contribution is 14.1. The van der Waals surface area contributed by atoms with Crippen molar-refractivity contribution in [3.63, 3.8) is 0 Å². The van der Waals surface area contributed by atoms with Crippen molar-refractivity contribution in [2.45, 2.75) is 6.18 Å². The Morgan fingerprint density at radius 2 is 2.10 bits per heavy atom. The minimum atomic E-state index is -4.40. The van der Waals surface area contributed by atoms with Crippen LogP contribution in [0.4, 0.5) is 13.2 Å². The minimum Gasteiger partial charge on any atom is -0.440 e. The van der Waals surface area contributed by atoms with Gasteiger partial charge in [-0.1, -0.05) is 0 Å². The van der Waals surface area contributed by atoms with Gasteiger partial charge in [0, 0.05) is 22.6 Å². The highest BCUT2D eigenvalue weighted by atomic mass is 127. The first kappa shape index (κ1) is 7.83. The normalized spacial score (nSPS) is 12.0. The van der Waals surface area contributed by atoms with Gasteiger partial charge in [-0.25, -0.2) is 0 Å². The van der Waals surface area contributed by atoms with E-state index in [4.69, 9.17) is 0 Å². The van der Waals surface area contributed by atoms with Gasteiger partial charge in [-0.15, -0.1) is 0 Å². The first-order valence-corrected chi connectivity index (χ1v) is 3.26. The van der Waals surface area contributed by atoms with Crippen molar-refractivity contribution in [2.75, 3.05) is 0 Å². The van der Waals surface area contributed by atoms with E-state index in [-0.39, 0.29) is 3.90 Å². The Hall–Kier alpha value is -0.270. The summed E-state index contributed by atoms with van der Waals surface area (Å²) in [7, 11) is 0. The molecule has 0 saturated heterocycles. The minimum absolute atomic E-state index is 0.00933. The Labute approximate surface area is 67.6 Å². The number of aromatic nitrogens is 1.